The van der Waals surface area contributed by atoms with Crippen molar-refractivity contribution >= 4 is 18.3 Å². The fourth-order valence-corrected chi connectivity index (χ4v) is 2.42. The van der Waals surface area contributed by atoms with Crippen LogP contribution < -0.4 is 5.32 Å². The second-order valence-corrected chi connectivity index (χ2v) is 5.79. The van der Waals surface area contributed by atoms with E-state index in [9.17, 15) is 9.90 Å². The first kappa shape index (κ1) is 17.8. The molecule has 2 rings (SSSR count). The monoisotopic (exact) mass is 312 g/mol. The normalized spacial score (nSPS) is 15.1. The molecule has 1 aromatic rings. The van der Waals surface area contributed by atoms with E-state index in [0.717, 1.165) is 12.1 Å². The van der Waals surface area contributed by atoms with Crippen molar-refractivity contribution < 1.29 is 9.90 Å². The van der Waals surface area contributed by atoms with Crippen LogP contribution in [0.25, 0.3) is 0 Å². The summed E-state index contributed by atoms with van der Waals surface area (Å²) < 4.78 is 0. The van der Waals surface area contributed by atoms with Crippen molar-refractivity contribution in [2.45, 2.75) is 26.3 Å². The number of carbonyl (C=O) groups is 1. The highest BCUT2D eigenvalue weighted by molar-refractivity contribution is 5.85. The molecule has 1 amide bonds. The van der Waals surface area contributed by atoms with E-state index in [2.05, 4.69) is 5.32 Å². The highest BCUT2D eigenvalue weighted by Gasteiger charge is 2.28. The van der Waals surface area contributed by atoms with Gasteiger partial charge in [-0.1, -0.05) is 19.1 Å². The first-order valence-corrected chi connectivity index (χ1v) is 7.31. The maximum atomic E-state index is 12.5. The van der Waals surface area contributed by atoms with E-state index in [0.29, 0.717) is 19.0 Å². The van der Waals surface area contributed by atoms with Gasteiger partial charge in [-0.2, -0.15) is 0 Å². The molecule has 1 aliphatic carbocycles. The summed E-state index contributed by atoms with van der Waals surface area (Å²) in [6.45, 7) is 4.07. The molecule has 21 heavy (non-hydrogen) atoms. The summed E-state index contributed by atoms with van der Waals surface area (Å²) in [7, 11) is 1.87. The second kappa shape index (κ2) is 8.25. The molecular weight excluding hydrogens is 288 g/mol. The summed E-state index contributed by atoms with van der Waals surface area (Å²) in [6.07, 6.45) is 2.45. The Balaban J connectivity index is 0.00000220. The zero-order valence-electron chi connectivity index (χ0n) is 12.7. The molecule has 0 radical (unpaired) electrons. The molecule has 1 fully saturated rings. The first-order chi connectivity index (χ1) is 9.60. The Morgan fingerprint density at radius 1 is 1.48 bits per heavy atom. The van der Waals surface area contributed by atoms with E-state index < -0.39 is 0 Å². The minimum atomic E-state index is -0.0175. The van der Waals surface area contributed by atoms with Crippen LogP contribution in [-0.4, -0.2) is 36.1 Å². The molecule has 1 aliphatic rings. The Hall–Kier alpha value is -1.26. The van der Waals surface area contributed by atoms with E-state index in [4.69, 9.17) is 0 Å². The Labute approximate surface area is 132 Å². The Morgan fingerprint density at radius 3 is 2.76 bits per heavy atom. The number of nitrogens with one attached hydrogen (secondary N) is 1. The van der Waals surface area contributed by atoms with Gasteiger partial charge in [-0.05, 0) is 43.5 Å². The summed E-state index contributed by atoms with van der Waals surface area (Å²) in [6, 6.07) is 7.16. The van der Waals surface area contributed by atoms with Crippen LogP contribution >= 0.6 is 12.4 Å². The molecule has 0 heterocycles. The third-order valence-corrected chi connectivity index (χ3v) is 3.70. The van der Waals surface area contributed by atoms with Crippen LogP contribution in [0.2, 0.25) is 0 Å². The largest absolute Gasteiger partial charge is 0.508 e. The van der Waals surface area contributed by atoms with Gasteiger partial charge in [-0.25, -0.2) is 0 Å². The Morgan fingerprint density at radius 2 is 2.19 bits per heavy atom. The summed E-state index contributed by atoms with van der Waals surface area (Å²) in [5, 5.41) is 12.6. The standard InChI is InChI=1S/C16H24N2O2.ClH/c1-12(9-17-2)16(20)18(10-13-6-7-13)11-14-4-3-5-15(19)8-14;/h3-5,8,12-13,17,19H,6-7,9-11H2,1-2H3;1H. The summed E-state index contributed by atoms with van der Waals surface area (Å²) >= 11 is 0. The zero-order chi connectivity index (χ0) is 14.5. The lowest BCUT2D eigenvalue weighted by Crippen LogP contribution is -2.39. The Kier molecular flexibility index (Phi) is 6.99. The van der Waals surface area contributed by atoms with Crippen LogP contribution in [0.1, 0.15) is 25.3 Å². The van der Waals surface area contributed by atoms with Gasteiger partial charge in [0.1, 0.15) is 5.75 Å². The van der Waals surface area contributed by atoms with Crippen molar-refractivity contribution in [2.75, 3.05) is 20.1 Å². The first-order valence-electron chi connectivity index (χ1n) is 7.31. The molecule has 1 unspecified atom stereocenters. The predicted octanol–water partition coefficient (Wildman–Crippen LogP) is 2.41. The predicted molar refractivity (Wildman–Crippen MR) is 86.6 cm³/mol. The van der Waals surface area contributed by atoms with Crippen molar-refractivity contribution in [3.05, 3.63) is 29.8 Å². The van der Waals surface area contributed by atoms with Crippen LogP contribution in [0.3, 0.4) is 0 Å². The second-order valence-electron chi connectivity index (χ2n) is 5.79. The van der Waals surface area contributed by atoms with Gasteiger partial charge in [0.15, 0.2) is 0 Å². The van der Waals surface area contributed by atoms with Gasteiger partial charge in [0, 0.05) is 25.6 Å². The van der Waals surface area contributed by atoms with Crippen LogP contribution in [0, 0.1) is 11.8 Å². The lowest BCUT2D eigenvalue weighted by atomic mass is 10.1. The molecule has 0 saturated heterocycles. The molecule has 0 bridgehead atoms. The third-order valence-electron chi connectivity index (χ3n) is 3.70. The smallest absolute Gasteiger partial charge is 0.226 e. The quantitative estimate of drug-likeness (QED) is 0.813. The third kappa shape index (κ3) is 5.56. The zero-order valence-corrected chi connectivity index (χ0v) is 13.5. The molecule has 0 spiro atoms. The van der Waals surface area contributed by atoms with Gasteiger partial charge < -0.3 is 15.3 Å². The van der Waals surface area contributed by atoms with Crippen molar-refractivity contribution in [2.24, 2.45) is 11.8 Å². The lowest BCUT2D eigenvalue weighted by Gasteiger charge is -2.26. The number of amides is 1. The Bertz CT molecular complexity index is 463. The molecule has 4 nitrogen and oxygen atoms in total. The number of halogens is 1. The molecule has 2 N–H and O–H groups in total. The molecule has 0 aromatic heterocycles. The molecule has 1 saturated carbocycles. The number of hydrogen-bond acceptors (Lipinski definition) is 3. The maximum Gasteiger partial charge on any atom is 0.226 e. The number of aromatic hydroxyl groups is 1. The van der Waals surface area contributed by atoms with Crippen LogP contribution in [0.4, 0.5) is 0 Å². The van der Waals surface area contributed by atoms with Gasteiger partial charge in [0.2, 0.25) is 5.91 Å². The van der Waals surface area contributed by atoms with E-state index >= 15 is 0 Å². The molecule has 1 aromatic carbocycles. The number of nitrogens with zero attached hydrogens (tertiary/aromatic N) is 1. The summed E-state index contributed by atoms with van der Waals surface area (Å²) in [5.74, 6) is 1.09. The van der Waals surface area contributed by atoms with Gasteiger partial charge in [0.25, 0.3) is 0 Å². The van der Waals surface area contributed by atoms with E-state index in [1.807, 2.05) is 31.0 Å². The average Bonchev–Trinajstić information content (AvgIpc) is 3.21. The van der Waals surface area contributed by atoms with Crippen LogP contribution in [0.5, 0.6) is 5.75 Å². The van der Waals surface area contributed by atoms with Crippen molar-refractivity contribution in [1.82, 2.24) is 10.2 Å². The van der Waals surface area contributed by atoms with E-state index in [1.165, 1.54) is 12.8 Å². The molecule has 1 atom stereocenters. The summed E-state index contributed by atoms with van der Waals surface area (Å²) in [4.78, 5) is 14.4. The minimum absolute atomic E-state index is 0. The maximum absolute atomic E-state index is 12.5. The number of phenols is 1. The number of hydrogen-bond donors (Lipinski definition) is 2. The van der Waals surface area contributed by atoms with E-state index in [1.54, 1.807) is 12.1 Å². The molecule has 118 valence electrons. The van der Waals surface area contributed by atoms with Gasteiger partial charge in [0.05, 0.1) is 0 Å². The lowest BCUT2D eigenvalue weighted by molar-refractivity contribution is -0.135. The SMILES string of the molecule is CNCC(C)C(=O)N(Cc1cccc(O)c1)CC1CC1.Cl. The fraction of sp³-hybridized carbons (Fsp3) is 0.562. The van der Waals surface area contributed by atoms with Gasteiger partial charge in [-0.15, -0.1) is 12.4 Å². The van der Waals surface area contributed by atoms with Crippen molar-refractivity contribution in [3.8, 4) is 5.75 Å². The highest BCUT2D eigenvalue weighted by atomic mass is 35.5. The van der Waals surface area contributed by atoms with E-state index in [-0.39, 0.29) is 30.0 Å². The average molecular weight is 313 g/mol. The number of carbonyl (C=O) groups excluding carboxylic acids is 1. The topological polar surface area (TPSA) is 52.6 Å². The number of benzene rings is 1. The van der Waals surface area contributed by atoms with Crippen LogP contribution in [-0.2, 0) is 11.3 Å². The van der Waals surface area contributed by atoms with Crippen molar-refractivity contribution in [1.29, 1.82) is 0 Å². The molecular formula is C16H25ClN2O2. The van der Waals surface area contributed by atoms with Crippen molar-refractivity contribution in [3.63, 3.8) is 0 Å². The van der Waals surface area contributed by atoms with Gasteiger partial charge in [-0.3, -0.25) is 4.79 Å². The highest BCUT2D eigenvalue weighted by Crippen LogP contribution is 2.30. The fourth-order valence-electron chi connectivity index (χ4n) is 2.42. The number of rotatable bonds is 7. The number of phenolic OH excluding ortho intramolecular Hbond substituents is 1. The van der Waals surface area contributed by atoms with Crippen LogP contribution in [0.15, 0.2) is 24.3 Å². The summed E-state index contributed by atoms with van der Waals surface area (Å²) in [5.41, 5.74) is 0.982. The van der Waals surface area contributed by atoms with Gasteiger partial charge >= 0.3 is 0 Å². The minimum Gasteiger partial charge on any atom is -0.508 e. The molecule has 0 aliphatic heterocycles. The molecule has 5 heteroatoms.